The van der Waals surface area contributed by atoms with Crippen LogP contribution in [0.15, 0.2) is 71.5 Å². The molecule has 170 valence electrons. The minimum atomic E-state index is -3.36. The van der Waals surface area contributed by atoms with Crippen LogP contribution in [0.4, 0.5) is 0 Å². The number of sulfonamides is 1. The Hall–Kier alpha value is -2.85. The van der Waals surface area contributed by atoms with Gasteiger partial charge in [0.1, 0.15) is 10.7 Å². The molecule has 5 rings (SSSR count). The largest absolute Gasteiger partial charge is 0.309 e. The standard InChI is InChI=1S/C24H24N4O3S2/c29-23-20-15-21(19-9-5-2-6-10-19)32-24(20)26-22(25-23)16-27-11-13-28(14-12-27)33(30,31)17-18-7-3-1-4-8-18/h1-10,15H,11-14,16-17H2,(H,25,26,29). The maximum Gasteiger partial charge on any atom is 0.259 e. The molecule has 0 bridgehead atoms. The van der Waals surface area contributed by atoms with Crippen LogP contribution >= 0.6 is 11.3 Å². The Kier molecular flexibility index (Phi) is 6.11. The van der Waals surface area contributed by atoms with Crippen molar-refractivity contribution in [1.82, 2.24) is 19.2 Å². The minimum absolute atomic E-state index is 0.0154. The fourth-order valence-electron chi connectivity index (χ4n) is 4.05. The topological polar surface area (TPSA) is 86.4 Å². The second-order valence-corrected chi connectivity index (χ2v) is 11.1. The van der Waals surface area contributed by atoms with E-state index in [9.17, 15) is 13.2 Å². The van der Waals surface area contributed by atoms with Crippen molar-refractivity contribution < 1.29 is 8.42 Å². The molecule has 0 saturated carbocycles. The average molecular weight is 481 g/mol. The summed E-state index contributed by atoms with van der Waals surface area (Å²) in [5.41, 5.74) is 1.72. The third-order valence-corrected chi connectivity index (χ3v) is 8.73. The van der Waals surface area contributed by atoms with Crippen LogP contribution in [0.5, 0.6) is 0 Å². The zero-order chi connectivity index (χ0) is 22.8. The zero-order valence-electron chi connectivity index (χ0n) is 18.0. The lowest BCUT2D eigenvalue weighted by atomic mass is 10.2. The molecule has 1 fully saturated rings. The number of H-pyrrole nitrogens is 1. The number of aromatic amines is 1. The Morgan fingerprint density at radius 2 is 1.61 bits per heavy atom. The van der Waals surface area contributed by atoms with Crippen molar-refractivity contribution in [1.29, 1.82) is 0 Å². The highest BCUT2D eigenvalue weighted by Gasteiger charge is 2.27. The van der Waals surface area contributed by atoms with E-state index < -0.39 is 10.0 Å². The van der Waals surface area contributed by atoms with Gasteiger partial charge in [-0.25, -0.2) is 13.4 Å². The highest BCUT2D eigenvalue weighted by molar-refractivity contribution is 7.88. The monoisotopic (exact) mass is 480 g/mol. The first kappa shape index (κ1) is 22.0. The third-order valence-electron chi connectivity index (χ3n) is 5.80. The highest BCUT2D eigenvalue weighted by atomic mass is 32.2. The Bertz CT molecular complexity index is 1410. The summed E-state index contributed by atoms with van der Waals surface area (Å²) in [7, 11) is -3.36. The van der Waals surface area contributed by atoms with Crippen molar-refractivity contribution in [2.45, 2.75) is 12.3 Å². The van der Waals surface area contributed by atoms with Gasteiger partial charge >= 0.3 is 0 Å². The molecule has 4 aromatic rings. The number of hydrogen-bond donors (Lipinski definition) is 1. The van der Waals surface area contributed by atoms with E-state index in [4.69, 9.17) is 0 Å². The highest BCUT2D eigenvalue weighted by Crippen LogP contribution is 2.30. The molecule has 0 amide bonds. The molecule has 1 aliphatic heterocycles. The first-order chi connectivity index (χ1) is 16.0. The average Bonchev–Trinajstić information content (AvgIpc) is 3.25. The van der Waals surface area contributed by atoms with Gasteiger partial charge in [0, 0.05) is 31.1 Å². The molecule has 0 aliphatic carbocycles. The number of piperazine rings is 1. The number of aromatic nitrogens is 2. The first-order valence-corrected chi connectivity index (χ1v) is 13.2. The van der Waals surface area contributed by atoms with Crippen LogP contribution in [0.2, 0.25) is 0 Å². The van der Waals surface area contributed by atoms with Crippen molar-refractivity contribution in [2.75, 3.05) is 26.2 Å². The van der Waals surface area contributed by atoms with E-state index in [1.807, 2.05) is 66.7 Å². The minimum Gasteiger partial charge on any atom is -0.309 e. The van der Waals surface area contributed by atoms with Crippen LogP contribution in [0.3, 0.4) is 0 Å². The quantitative estimate of drug-likeness (QED) is 0.458. The van der Waals surface area contributed by atoms with Gasteiger partial charge in [-0.15, -0.1) is 11.3 Å². The summed E-state index contributed by atoms with van der Waals surface area (Å²) in [6.07, 6.45) is 0. The predicted molar refractivity (Wildman–Crippen MR) is 132 cm³/mol. The number of hydrogen-bond acceptors (Lipinski definition) is 6. The molecule has 1 aliphatic rings. The van der Waals surface area contributed by atoms with Gasteiger partial charge in [0.05, 0.1) is 17.7 Å². The van der Waals surface area contributed by atoms with E-state index in [0.29, 0.717) is 43.9 Å². The molecule has 0 spiro atoms. The third kappa shape index (κ3) is 4.91. The lowest BCUT2D eigenvalue weighted by molar-refractivity contribution is 0.178. The lowest BCUT2D eigenvalue weighted by Crippen LogP contribution is -2.48. The number of nitrogens with zero attached hydrogens (tertiary/aromatic N) is 3. The molecule has 1 saturated heterocycles. The Morgan fingerprint density at radius 3 is 2.30 bits per heavy atom. The van der Waals surface area contributed by atoms with Gasteiger partial charge in [0.25, 0.3) is 5.56 Å². The summed E-state index contributed by atoms with van der Waals surface area (Å²) < 4.78 is 27.1. The molecule has 1 N–H and O–H groups in total. The second-order valence-electron chi connectivity index (χ2n) is 8.13. The number of nitrogens with one attached hydrogen (secondary N) is 1. The van der Waals surface area contributed by atoms with E-state index in [1.165, 1.54) is 11.3 Å². The SMILES string of the molecule is O=c1[nH]c(CN2CCN(S(=O)(=O)Cc3ccccc3)CC2)nc2sc(-c3ccccc3)cc12. The molecular formula is C24H24N4O3S2. The number of rotatable bonds is 6. The van der Waals surface area contributed by atoms with Crippen LogP contribution in [0.25, 0.3) is 20.7 Å². The second kappa shape index (κ2) is 9.18. The Balaban J connectivity index is 1.26. The zero-order valence-corrected chi connectivity index (χ0v) is 19.6. The van der Waals surface area contributed by atoms with Crippen molar-refractivity contribution in [3.63, 3.8) is 0 Å². The molecule has 0 unspecified atom stereocenters. The van der Waals surface area contributed by atoms with Gasteiger partial charge in [0.2, 0.25) is 10.0 Å². The van der Waals surface area contributed by atoms with Gasteiger partial charge in [0.15, 0.2) is 0 Å². The molecule has 0 atom stereocenters. The summed E-state index contributed by atoms with van der Waals surface area (Å²) >= 11 is 1.51. The van der Waals surface area contributed by atoms with Gasteiger partial charge in [-0.3, -0.25) is 9.69 Å². The number of fused-ring (bicyclic) bond motifs is 1. The summed E-state index contributed by atoms with van der Waals surface area (Å²) in [5, 5.41) is 0.597. The summed E-state index contributed by atoms with van der Waals surface area (Å²) in [6.45, 7) is 2.53. The van der Waals surface area contributed by atoms with Gasteiger partial charge in [-0.2, -0.15) is 4.31 Å². The van der Waals surface area contributed by atoms with Gasteiger partial charge in [-0.1, -0.05) is 60.7 Å². The smallest absolute Gasteiger partial charge is 0.259 e. The van der Waals surface area contributed by atoms with E-state index in [-0.39, 0.29) is 11.3 Å². The fourth-order valence-corrected chi connectivity index (χ4v) is 6.62. The fraction of sp³-hybridized carbons (Fsp3) is 0.250. The first-order valence-electron chi connectivity index (χ1n) is 10.8. The summed E-state index contributed by atoms with van der Waals surface area (Å²) in [4.78, 5) is 24.1. The molecule has 7 nitrogen and oxygen atoms in total. The van der Waals surface area contributed by atoms with Crippen molar-refractivity contribution in [3.05, 3.63) is 88.5 Å². The van der Waals surface area contributed by atoms with Gasteiger partial charge in [-0.05, 0) is 17.2 Å². The van der Waals surface area contributed by atoms with E-state index in [0.717, 1.165) is 20.8 Å². The van der Waals surface area contributed by atoms with E-state index >= 15 is 0 Å². The maximum absolute atomic E-state index is 12.8. The Labute approximate surface area is 196 Å². The molecular weight excluding hydrogens is 456 g/mol. The van der Waals surface area contributed by atoms with Crippen molar-refractivity contribution in [3.8, 4) is 10.4 Å². The maximum atomic E-state index is 12.8. The van der Waals surface area contributed by atoms with E-state index in [2.05, 4.69) is 14.9 Å². The van der Waals surface area contributed by atoms with Crippen LogP contribution in [-0.4, -0.2) is 53.8 Å². The van der Waals surface area contributed by atoms with Gasteiger partial charge < -0.3 is 4.98 Å². The lowest BCUT2D eigenvalue weighted by Gasteiger charge is -2.33. The summed E-state index contributed by atoms with van der Waals surface area (Å²) in [5.74, 6) is 0.621. The molecule has 3 heterocycles. The molecule has 33 heavy (non-hydrogen) atoms. The van der Waals surface area contributed by atoms with Crippen LogP contribution in [-0.2, 0) is 22.3 Å². The van der Waals surface area contributed by atoms with Crippen molar-refractivity contribution in [2.24, 2.45) is 0 Å². The number of benzene rings is 2. The molecule has 2 aromatic heterocycles. The van der Waals surface area contributed by atoms with Crippen LogP contribution < -0.4 is 5.56 Å². The van der Waals surface area contributed by atoms with E-state index in [1.54, 1.807) is 4.31 Å². The molecule has 9 heteroatoms. The number of thiophene rings is 1. The van der Waals surface area contributed by atoms with Crippen molar-refractivity contribution >= 4 is 31.6 Å². The molecule has 0 radical (unpaired) electrons. The normalized spacial score (nSPS) is 15.8. The molecule has 2 aromatic carbocycles. The van der Waals surface area contributed by atoms with Crippen LogP contribution in [0.1, 0.15) is 11.4 Å². The summed E-state index contributed by atoms with van der Waals surface area (Å²) in [6, 6.07) is 21.1. The predicted octanol–water partition coefficient (Wildman–Crippen LogP) is 3.30. The Morgan fingerprint density at radius 1 is 0.939 bits per heavy atom. The van der Waals surface area contributed by atoms with Crippen LogP contribution in [0, 0.1) is 0 Å².